The Labute approximate surface area is 179 Å². The van der Waals surface area contributed by atoms with Gasteiger partial charge in [-0.05, 0) is 48.9 Å². The first kappa shape index (κ1) is 20.4. The molecule has 0 atom stereocenters. The summed E-state index contributed by atoms with van der Waals surface area (Å²) < 4.78 is 6.77. The Kier molecular flexibility index (Phi) is 5.83. The molecule has 1 aliphatic heterocycles. The highest BCUT2D eigenvalue weighted by Gasteiger charge is 2.22. The molecule has 0 bridgehead atoms. The topological polar surface area (TPSA) is 93.7 Å². The second-order valence-electron chi connectivity index (χ2n) is 7.25. The SMILES string of the molecule is COc1ccc(N2CCCN(C(=O)c3ccn(-c4ccc([N+](=O)[O-])cc4)n3)CC2)cc1. The van der Waals surface area contributed by atoms with Gasteiger partial charge in [-0.3, -0.25) is 14.9 Å². The van der Waals surface area contributed by atoms with Crippen molar-refractivity contribution in [3.63, 3.8) is 0 Å². The third kappa shape index (κ3) is 4.50. The Morgan fingerprint density at radius 1 is 0.968 bits per heavy atom. The average Bonchev–Trinajstić information content (AvgIpc) is 3.17. The van der Waals surface area contributed by atoms with Crippen LogP contribution in [0.1, 0.15) is 16.9 Å². The molecule has 2 heterocycles. The molecule has 3 aromatic rings. The number of nitro benzene ring substituents is 1. The molecule has 1 fully saturated rings. The monoisotopic (exact) mass is 421 g/mol. The van der Waals surface area contributed by atoms with Crippen molar-refractivity contribution in [1.29, 1.82) is 0 Å². The Morgan fingerprint density at radius 2 is 1.68 bits per heavy atom. The number of hydrogen-bond acceptors (Lipinski definition) is 6. The van der Waals surface area contributed by atoms with Crippen molar-refractivity contribution in [3.8, 4) is 11.4 Å². The number of anilines is 1. The summed E-state index contributed by atoms with van der Waals surface area (Å²) in [5.41, 5.74) is 2.14. The summed E-state index contributed by atoms with van der Waals surface area (Å²) in [6, 6.07) is 15.7. The van der Waals surface area contributed by atoms with E-state index < -0.39 is 4.92 Å². The molecule has 1 aliphatic rings. The number of amides is 1. The Balaban J connectivity index is 1.42. The summed E-state index contributed by atoms with van der Waals surface area (Å²) in [4.78, 5) is 27.4. The molecule has 9 heteroatoms. The van der Waals surface area contributed by atoms with Crippen LogP contribution in [0.3, 0.4) is 0 Å². The van der Waals surface area contributed by atoms with E-state index in [-0.39, 0.29) is 11.6 Å². The molecule has 1 saturated heterocycles. The van der Waals surface area contributed by atoms with Gasteiger partial charge in [0.25, 0.3) is 11.6 Å². The van der Waals surface area contributed by atoms with E-state index in [2.05, 4.69) is 10.00 Å². The largest absolute Gasteiger partial charge is 0.497 e. The van der Waals surface area contributed by atoms with Crippen LogP contribution in [0.5, 0.6) is 5.75 Å². The van der Waals surface area contributed by atoms with Crippen molar-refractivity contribution in [1.82, 2.24) is 14.7 Å². The highest BCUT2D eigenvalue weighted by atomic mass is 16.6. The standard InChI is InChI=1S/C22H23N5O4/c1-31-20-9-7-17(8-10-20)24-12-2-13-25(16-15-24)22(28)21-11-14-26(23-21)18-3-5-19(6-4-18)27(29)30/h3-11,14H,2,12-13,15-16H2,1H3. The van der Waals surface area contributed by atoms with E-state index in [1.54, 1.807) is 36.2 Å². The Hall–Kier alpha value is -3.88. The van der Waals surface area contributed by atoms with Crippen LogP contribution in [0.2, 0.25) is 0 Å². The van der Waals surface area contributed by atoms with Gasteiger partial charge in [0.2, 0.25) is 0 Å². The predicted octanol–water partition coefficient (Wildman–Crippen LogP) is 3.14. The molecule has 0 saturated carbocycles. The summed E-state index contributed by atoms with van der Waals surface area (Å²) in [7, 11) is 1.65. The molecule has 0 unspecified atom stereocenters. The summed E-state index contributed by atoms with van der Waals surface area (Å²) >= 11 is 0. The lowest BCUT2D eigenvalue weighted by atomic mass is 10.2. The van der Waals surface area contributed by atoms with Gasteiger partial charge in [0, 0.05) is 50.2 Å². The van der Waals surface area contributed by atoms with E-state index in [1.807, 2.05) is 29.2 Å². The maximum Gasteiger partial charge on any atom is 0.274 e. The number of nitro groups is 1. The van der Waals surface area contributed by atoms with Gasteiger partial charge < -0.3 is 14.5 Å². The van der Waals surface area contributed by atoms with Crippen molar-refractivity contribution in [3.05, 3.63) is 76.6 Å². The molecule has 4 rings (SSSR count). The van der Waals surface area contributed by atoms with Gasteiger partial charge in [-0.25, -0.2) is 4.68 Å². The molecular formula is C22H23N5O4. The molecule has 2 aromatic carbocycles. The van der Waals surface area contributed by atoms with E-state index in [0.717, 1.165) is 30.9 Å². The molecule has 0 spiro atoms. The smallest absolute Gasteiger partial charge is 0.274 e. The first-order valence-corrected chi connectivity index (χ1v) is 10.0. The van der Waals surface area contributed by atoms with Gasteiger partial charge in [-0.2, -0.15) is 5.10 Å². The zero-order valence-electron chi connectivity index (χ0n) is 17.2. The first-order valence-electron chi connectivity index (χ1n) is 10.0. The number of non-ortho nitro benzene ring substituents is 1. The molecule has 160 valence electrons. The maximum atomic E-state index is 13.0. The highest BCUT2D eigenvalue weighted by Crippen LogP contribution is 2.21. The van der Waals surface area contributed by atoms with Crippen LogP contribution in [0.15, 0.2) is 60.8 Å². The molecule has 1 amide bonds. The third-order valence-corrected chi connectivity index (χ3v) is 5.35. The fourth-order valence-electron chi connectivity index (χ4n) is 3.64. The lowest BCUT2D eigenvalue weighted by Gasteiger charge is -2.23. The zero-order chi connectivity index (χ0) is 21.8. The quantitative estimate of drug-likeness (QED) is 0.464. The van der Waals surface area contributed by atoms with Crippen LogP contribution in [0, 0.1) is 10.1 Å². The lowest BCUT2D eigenvalue weighted by Crippen LogP contribution is -2.35. The van der Waals surface area contributed by atoms with Crippen molar-refractivity contribution < 1.29 is 14.5 Å². The van der Waals surface area contributed by atoms with E-state index in [9.17, 15) is 14.9 Å². The van der Waals surface area contributed by atoms with Crippen molar-refractivity contribution in [2.24, 2.45) is 0 Å². The summed E-state index contributed by atoms with van der Waals surface area (Å²) in [5.74, 6) is 0.705. The van der Waals surface area contributed by atoms with Gasteiger partial charge in [-0.1, -0.05) is 0 Å². The third-order valence-electron chi connectivity index (χ3n) is 5.35. The summed E-state index contributed by atoms with van der Waals surface area (Å²) in [6.07, 6.45) is 2.55. The predicted molar refractivity (Wildman–Crippen MR) is 116 cm³/mol. The Morgan fingerprint density at radius 3 is 2.35 bits per heavy atom. The second-order valence-corrected chi connectivity index (χ2v) is 7.25. The van der Waals surface area contributed by atoms with Gasteiger partial charge in [0.1, 0.15) is 5.75 Å². The van der Waals surface area contributed by atoms with Crippen LogP contribution in [-0.2, 0) is 0 Å². The molecule has 31 heavy (non-hydrogen) atoms. The number of nitrogens with zero attached hydrogens (tertiary/aromatic N) is 5. The number of aromatic nitrogens is 2. The number of hydrogen-bond donors (Lipinski definition) is 0. The molecule has 0 N–H and O–H groups in total. The minimum absolute atomic E-state index is 0.0122. The number of carbonyl (C=O) groups excluding carboxylic acids is 1. The zero-order valence-corrected chi connectivity index (χ0v) is 17.2. The van der Waals surface area contributed by atoms with Gasteiger partial charge in [0.05, 0.1) is 17.7 Å². The van der Waals surface area contributed by atoms with Crippen molar-refractivity contribution in [2.45, 2.75) is 6.42 Å². The minimum atomic E-state index is -0.448. The van der Waals surface area contributed by atoms with Gasteiger partial charge in [-0.15, -0.1) is 0 Å². The highest BCUT2D eigenvalue weighted by molar-refractivity contribution is 5.92. The number of carbonyl (C=O) groups is 1. The van der Waals surface area contributed by atoms with E-state index in [1.165, 1.54) is 12.1 Å². The number of methoxy groups -OCH3 is 1. The first-order chi connectivity index (χ1) is 15.0. The average molecular weight is 421 g/mol. The van der Waals surface area contributed by atoms with E-state index in [0.29, 0.717) is 24.5 Å². The molecule has 0 aliphatic carbocycles. The van der Waals surface area contributed by atoms with Crippen LogP contribution in [0.4, 0.5) is 11.4 Å². The fourth-order valence-corrected chi connectivity index (χ4v) is 3.64. The van der Waals surface area contributed by atoms with Crippen molar-refractivity contribution >= 4 is 17.3 Å². The molecule has 9 nitrogen and oxygen atoms in total. The second kappa shape index (κ2) is 8.86. The summed E-state index contributed by atoms with van der Waals surface area (Å²) in [5, 5.41) is 15.2. The van der Waals surface area contributed by atoms with Crippen LogP contribution in [0.25, 0.3) is 5.69 Å². The minimum Gasteiger partial charge on any atom is -0.497 e. The van der Waals surface area contributed by atoms with Crippen molar-refractivity contribution in [2.75, 3.05) is 38.2 Å². The number of rotatable bonds is 5. The molecule has 0 radical (unpaired) electrons. The van der Waals surface area contributed by atoms with E-state index in [4.69, 9.17) is 4.74 Å². The fraction of sp³-hybridized carbons (Fsp3) is 0.273. The van der Waals surface area contributed by atoms with Gasteiger partial charge in [0.15, 0.2) is 5.69 Å². The molecular weight excluding hydrogens is 398 g/mol. The van der Waals surface area contributed by atoms with E-state index >= 15 is 0 Å². The summed E-state index contributed by atoms with van der Waals surface area (Å²) in [6.45, 7) is 2.87. The number of benzene rings is 2. The van der Waals surface area contributed by atoms with Crippen LogP contribution in [-0.4, -0.2) is 58.8 Å². The molecule has 1 aromatic heterocycles. The van der Waals surface area contributed by atoms with Crippen LogP contribution >= 0.6 is 0 Å². The van der Waals surface area contributed by atoms with Crippen LogP contribution < -0.4 is 9.64 Å². The normalized spacial score (nSPS) is 14.2. The lowest BCUT2D eigenvalue weighted by molar-refractivity contribution is -0.384. The maximum absolute atomic E-state index is 13.0. The number of ether oxygens (including phenoxy) is 1. The van der Waals surface area contributed by atoms with Gasteiger partial charge >= 0.3 is 0 Å². The Bertz CT molecular complexity index is 1060.